The quantitative estimate of drug-likeness (QED) is 0.892. The van der Waals surface area contributed by atoms with Crippen molar-refractivity contribution in [2.24, 2.45) is 0 Å². The van der Waals surface area contributed by atoms with Gasteiger partial charge in [0.25, 0.3) is 0 Å². The van der Waals surface area contributed by atoms with Gasteiger partial charge in [0, 0.05) is 23.8 Å². The van der Waals surface area contributed by atoms with Crippen molar-refractivity contribution in [1.82, 2.24) is 9.36 Å². The van der Waals surface area contributed by atoms with Crippen LogP contribution in [0.2, 0.25) is 0 Å². The summed E-state index contributed by atoms with van der Waals surface area (Å²) in [7, 11) is 0. The highest BCUT2D eigenvalue weighted by molar-refractivity contribution is 7.10. The van der Waals surface area contributed by atoms with Crippen LogP contribution in [0.15, 0.2) is 24.3 Å². The molecule has 0 amide bonds. The van der Waals surface area contributed by atoms with Crippen molar-refractivity contribution in [2.75, 3.05) is 17.2 Å². The van der Waals surface area contributed by atoms with Gasteiger partial charge in [0.05, 0.1) is 0 Å². The molecule has 0 aliphatic rings. The molecule has 6 heteroatoms. The Morgan fingerprint density at radius 2 is 2.06 bits per heavy atom. The van der Waals surface area contributed by atoms with Gasteiger partial charge in [0.2, 0.25) is 11.1 Å². The van der Waals surface area contributed by atoms with E-state index >= 15 is 0 Å². The summed E-state index contributed by atoms with van der Waals surface area (Å²) in [5.41, 5.74) is 6.35. The first-order valence-corrected chi connectivity index (χ1v) is 5.60. The minimum atomic E-state index is -0.253. The average molecular weight is 238 g/mol. The van der Waals surface area contributed by atoms with Crippen LogP contribution in [0.4, 0.5) is 21.2 Å². The van der Waals surface area contributed by atoms with Crippen molar-refractivity contribution >= 4 is 28.3 Å². The molecule has 2 rings (SSSR count). The molecule has 16 heavy (non-hydrogen) atoms. The van der Waals surface area contributed by atoms with Crippen LogP contribution in [-0.2, 0) is 0 Å². The zero-order chi connectivity index (χ0) is 11.5. The number of hydrogen-bond acceptors (Lipinski definition) is 5. The second kappa shape index (κ2) is 4.44. The third-order valence-electron chi connectivity index (χ3n) is 2.12. The van der Waals surface area contributed by atoms with Gasteiger partial charge < -0.3 is 10.6 Å². The number of benzene rings is 1. The molecular formula is C10H11FN4S. The summed E-state index contributed by atoms with van der Waals surface area (Å²) in [6, 6.07) is 6.25. The van der Waals surface area contributed by atoms with Gasteiger partial charge in [-0.15, -0.1) is 0 Å². The lowest BCUT2D eigenvalue weighted by atomic mass is 10.3. The van der Waals surface area contributed by atoms with Crippen molar-refractivity contribution < 1.29 is 4.39 Å². The highest BCUT2D eigenvalue weighted by Crippen LogP contribution is 2.27. The Balaban J connectivity index is 2.32. The van der Waals surface area contributed by atoms with Crippen LogP contribution >= 0.6 is 11.5 Å². The smallest absolute Gasteiger partial charge is 0.233 e. The number of nitrogens with two attached hydrogens (primary N) is 1. The Labute approximate surface area is 96.7 Å². The summed E-state index contributed by atoms with van der Waals surface area (Å²) < 4.78 is 16.7. The lowest BCUT2D eigenvalue weighted by molar-refractivity contribution is 0.628. The molecule has 0 bridgehead atoms. The van der Waals surface area contributed by atoms with E-state index in [2.05, 4.69) is 9.36 Å². The van der Waals surface area contributed by atoms with Crippen LogP contribution in [0.1, 0.15) is 6.92 Å². The van der Waals surface area contributed by atoms with Gasteiger partial charge >= 0.3 is 0 Å². The number of nitrogens with zero attached hydrogens (tertiary/aromatic N) is 3. The molecule has 4 nitrogen and oxygen atoms in total. The maximum Gasteiger partial charge on any atom is 0.233 e. The summed E-state index contributed by atoms with van der Waals surface area (Å²) in [5.74, 6) is 0.0112. The molecule has 0 unspecified atom stereocenters. The molecular weight excluding hydrogens is 227 g/mol. The molecule has 1 aromatic heterocycles. The molecule has 0 spiro atoms. The number of rotatable bonds is 3. The van der Waals surface area contributed by atoms with Gasteiger partial charge in [0.15, 0.2) is 0 Å². The summed E-state index contributed by atoms with van der Waals surface area (Å²) in [4.78, 5) is 6.02. The molecule has 84 valence electrons. The van der Waals surface area contributed by atoms with Crippen LogP contribution in [0.3, 0.4) is 0 Å². The van der Waals surface area contributed by atoms with Gasteiger partial charge in [-0.3, -0.25) is 0 Å². The second-order valence-corrected chi connectivity index (χ2v) is 3.89. The fraction of sp³-hybridized carbons (Fsp3) is 0.200. The summed E-state index contributed by atoms with van der Waals surface area (Å²) in [5, 5.41) is 0.714. The first kappa shape index (κ1) is 10.8. The first-order chi connectivity index (χ1) is 7.70. The largest absolute Gasteiger partial charge is 0.367 e. The van der Waals surface area contributed by atoms with E-state index in [0.717, 1.165) is 12.2 Å². The average Bonchev–Trinajstić information content (AvgIpc) is 2.69. The van der Waals surface area contributed by atoms with Crippen LogP contribution < -0.4 is 10.6 Å². The fourth-order valence-corrected chi connectivity index (χ4v) is 2.07. The van der Waals surface area contributed by atoms with Crippen molar-refractivity contribution in [3.05, 3.63) is 30.1 Å². The Bertz CT molecular complexity index is 468. The van der Waals surface area contributed by atoms with E-state index in [9.17, 15) is 4.39 Å². The van der Waals surface area contributed by atoms with E-state index in [-0.39, 0.29) is 11.8 Å². The number of nitrogen functional groups attached to an aromatic ring is 1. The van der Waals surface area contributed by atoms with E-state index in [4.69, 9.17) is 5.73 Å². The number of hydrogen-bond donors (Lipinski definition) is 1. The van der Waals surface area contributed by atoms with E-state index < -0.39 is 0 Å². The Morgan fingerprint density at radius 1 is 1.38 bits per heavy atom. The summed E-state index contributed by atoms with van der Waals surface area (Å²) in [6.45, 7) is 2.71. The minimum absolute atomic E-state index is 0.253. The molecule has 1 heterocycles. The molecule has 2 N–H and O–H groups in total. The maximum absolute atomic E-state index is 12.8. The van der Waals surface area contributed by atoms with Crippen LogP contribution in [-0.4, -0.2) is 15.9 Å². The zero-order valence-electron chi connectivity index (χ0n) is 8.72. The molecule has 0 saturated heterocycles. The van der Waals surface area contributed by atoms with Crippen molar-refractivity contribution in [3.63, 3.8) is 0 Å². The Hall–Kier alpha value is -1.69. The maximum atomic E-state index is 12.8. The SMILES string of the molecule is CCN(c1ccc(F)cc1)c1nc(N)ns1. The molecule has 2 aromatic rings. The van der Waals surface area contributed by atoms with Gasteiger partial charge in [-0.1, -0.05) is 0 Å². The summed E-state index contributed by atoms with van der Waals surface area (Å²) >= 11 is 1.23. The Morgan fingerprint density at radius 3 is 2.56 bits per heavy atom. The van der Waals surface area contributed by atoms with Gasteiger partial charge in [-0.05, 0) is 31.2 Å². The van der Waals surface area contributed by atoms with Crippen molar-refractivity contribution in [3.8, 4) is 0 Å². The van der Waals surface area contributed by atoms with Gasteiger partial charge in [0.1, 0.15) is 5.82 Å². The zero-order valence-corrected chi connectivity index (χ0v) is 9.54. The molecule has 0 aliphatic heterocycles. The lowest BCUT2D eigenvalue weighted by Gasteiger charge is -2.18. The monoisotopic (exact) mass is 238 g/mol. The second-order valence-electron chi connectivity index (χ2n) is 3.16. The molecule has 0 radical (unpaired) electrons. The van der Waals surface area contributed by atoms with E-state index in [1.807, 2.05) is 11.8 Å². The molecule has 0 atom stereocenters. The standard InChI is InChI=1S/C10H11FN4S/c1-2-15(10-13-9(12)14-16-10)8-5-3-7(11)4-6-8/h3-6H,2H2,1H3,(H2,12,14). The third-order valence-corrected chi connectivity index (χ3v) is 2.87. The normalized spacial score (nSPS) is 10.4. The van der Waals surface area contributed by atoms with Crippen molar-refractivity contribution in [2.45, 2.75) is 6.92 Å². The predicted octanol–water partition coefficient (Wildman–Crippen LogP) is 2.42. The predicted molar refractivity (Wildman–Crippen MR) is 63.4 cm³/mol. The molecule has 0 fully saturated rings. The molecule has 0 aliphatic carbocycles. The highest BCUT2D eigenvalue weighted by atomic mass is 32.1. The van der Waals surface area contributed by atoms with E-state index in [1.54, 1.807) is 12.1 Å². The van der Waals surface area contributed by atoms with Crippen LogP contribution in [0.25, 0.3) is 0 Å². The first-order valence-electron chi connectivity index (χ1n) is 4.83. The highest BCUT2D eigenvalue weighted by Gasteiger charge is 2.11. The lowest BCUT2D eigenvalue weighted by Crippen LogP contribution is -2.15. The molecule has 0 saturated carbocycles. The van der Waals surface area contributed by atoms with Crippen molar-refractivity contribution in [1.29, 1.82) is 0 Å². The number of halogens is 1. The minimum Gasteiger partial charge on any atom is -0.367 e. The Kier molecular flexibility index (Phi) is 3.00. The van der Waals surface area contributed by atoms with Gasteiger partial charge in [-0.2, -0.15) is 9.36 Å². The van der Waals surface area contributed by atoms with Crippen LogP contribution in [0.5, 0.6) is 0 Å². The van der Waals surface area contributed by atoms with E-state index in [0.29, 0.717) is 5.13 Å². The fourth-order valence-electron chi connectivity index (χ4n) is 1.39. The third kappa shape index (κ3) is 2.11. The topological polar surface area (TPSA) is 55.0 Å². The number of anilines is 3. The van der Waals surface area contributed by atoms with E-state index in [1.165, 1.54) is 23.7 Å². The number of aromatic nitrogens is 2. The summed E-state index contributed by atoms with van der Waals surface area (Å²) in [6.07, 6.45) is 0. The van der Waals surface area contributed by atoms with Gasteiger partial charge in [-0.25, -0.2) is 4.39 Å². The molecule has 1 aromatic carbocycles. The van der Waals surface area contributed by atoms with Crippen LogP contribution in [0, 0.1) is 5.82 Å².